The third kappa shape index (κ3) is 6.17. The molecule has 1 N–H and O–H groups in total. The minimum Gasteiger partial charge on any atom is -0.481 e. The van der Waals surface area contributed by atoms with Crippen molar-refractivity contribution in [3.63, 3.8) is 0 Å². The Balaban J connectivity index is 1.79. The average molecular weight is 559 g/mol. The minimum absolute atomic E-state index is 0.143. The van der Waals surface area contributed by atoms with Gasteiger partial charge in [-0.2, -0.15) is 0 Å². The molecule has 0 bridgehead atoms. The van der Waals surface area contributed by atoms with Crippen LogP contribution in [-0.4, -0.2) is 52.4 Å². The van der Waals surface area contributed by atoms with Crippen LogP contribution in [0.15, 0.2) is 36.5 Å². The minimum atomic E-state index is -1.17. The molecule has 2 aromatic rings. The van der Waals surface area contributed by atoms with Gasteiger partial charge in [-0.1, -0.05) is 50.9 Å². The van der Waals surface area contributed by atoms with Crippen LogP contribution >= 0.6 is 11.6 Å². The molecule has 2 fully saturated rings. The summed E-state index contributed by atoms with van der Waals surface area (Å²) in [5.74, 6) is -0.728. The Morgan fingerprint density at radius 3 is 2.44 bits per heavy atom. The Labute approximate surface area is 235 Å². The zero-order valence-electron chi connectivity index (χ0n) is 23.5. The first-order valence-corrected chi connectivity index (χ1v) is 13.9. The number of rotatable bonds is 8. The van der Waals surface area contributed by atoms with Gasteiger partial charge in [-0.15, -0.1) is 0 Å². The van der Waals surface area contributed by atoms with Crippen LogP contribution < -0.4 is 4.74 Å². The lowest BCUT2D eigenvalue weighted by Gasteiger charge is -2.35. The molecule has 0 radical (unpaired) electrons. The number of nitrogens with zero attached hydrogens (tertiary/aromatic N) is 2. The largest absolute Gasteiger partial charge is 0.481 e. The highest BCUT2D eigenvalue weighted by molar-refractivity contribution is 6.30. The highest BCUT2D eigenvalue weighted by Crippen LogP contribution is 2.50. The predicted octanol–water partition coefficient (Wildman–Crippen LogP) is 6.61. The molecule has 9 heteroatoms. The smallest absolute Gasteiger partial charge is 0.411 e. The number of halogens is 1. The van der Waals surface area contributed by atoms with Crippen molar-refractivity contribution in [3.05, 3.63) is 58.2 Å². The second-order valence-electron chi connectivity index (χ2n) is 11.9. The van der Waals surface area contributed by atoms with E-state index in [0.29, 0.717) is 22.4 Å². The number of carbonyl (C=O) groups excluding carboxylic acids is 1. The van der Waals surface area contributed by atoms with Gasteiger partial charge in [0.1, 0.15) is 6.04 Å². The molecule has 1 aliphatic heterocycles. The summed E-state index contributed by atoms with van der Waals surface area (Å²) in [6, 6.07) is 7.28. The molecule has 2 aliphatic rings. The van der Waals surface area contributed by atoms with Gasteiger partial charge in [-0.25, -0.2) is 14.6 Å². The van der Waals surface area contributed by atoms with E-state index >= 15 is 0 Å². The molecule has 212 valence electrons. The number of carboxylic acids is 1. The average Bonchev–Trinajstić information content (AvgIpc) is 3.17. The fourth-order valence-corrected chi connectivity index (χ4v) is 6.00. The second-order valence-corrected chi connectivity index (χ2v) is 12.3. The fraction of sp³-hybridized carbons (Fsp3) is 0.567. The topological polar surface area (TPSA) is 98.2 Å². The molecule has 0 unspecified atom stereocenters. The van der Waals surface area contributed by atoms with Gasteiger partial charge >= 0.3 is 12.1 Å². The highest BCUT2D eigenvalue weighted by Gasteiger charge is 2.59. The molecular weight excluding hydrogens is 520 g/mol. The van der Waals surface area contributed by atoms with Crippen LogP contribution in [0.5, 0.6) is 5.88 Å². The number of carbonyl (C=O) groups is 2. The second kappa shape index (κ2) is 11.7. The first kappa shape index (κ1) is 29.2. The molecule has 4 atom stereocenters. The first-order chi connectivity index (χ1) is 18.4. The van der Waals surface area contributed by atoms with Crippen molar-refractivity contribution >= 4 is 23.7 Å². The Morgan fingerprint density at radius 2 is 1.90 bits per heavy atom. The normalized spacial score (nSPS) is 23.5. The van der Waals surface area contributed by atoms with Gasteiger partial charge in [0.05, 0.1) is 32.0 Å². The summed E-state index contributed by atoms with van der Waals surface area (Å²) >= 11 is 6.37. The summed E-state index contributed by atoms with van der Waals surface area (Å²) in [6.07, 6.45) is 3.52. The number of ether oxygens (including phenoxy) is 3. The molecule has 0 spiro atoms. The molecule has 39 heavy (non-hydrogen) atoms. The number of likely N-dealkylation sites (tertiary alicyclic amines) is 1. The molecule has 4 rings (SSSR count). The lowest BCUT2D eigenvalue weighted by Crippen LogP contribution is -2.47. The summed E-state index contributed by atoms with van der Waals surface area (Å²) in [5.41, 5.74) is 2.08. The predicted molar refractivity (Wildman–Crippen MR) is 148 cm³/mol. The molecular formula is C30H39ClN2O6. The first-order valence-electron chi connectivity index (χ1n) is 13.5. The number of carboxylic acid groups (broad SMARTS) is 1. The number of amides is 1. The van der Waals surface area contributed by atoms with E-state index in [4.69, 9.17) is 25.8 Å². The molecule has 1 saturated heterocycles. The van der Waals surface area contributed by atoms with Gasteiger partial charge in [0, 0.05) is 22.7 Å². The maximum atomic E-state index is 13.5. The quantitative estimate of drug-likeness (QED) is 0.389. The van der Waals surface area contributed by atoms with E-state index < -0.39 is 47.7 Å². The summed E-state index contributed by atoms with van der Waals surface area (Å²) in [5, 5.41) is 11.0. The SMILES string of the molecule is COc1ncc(C2CCC2)cc1CO[C@H]1[C@H](C(C)(C)C)[C@@H](C(=O)O)N(C(=O)OC(C)C)[C@H]1c1cccc(Cl)c1. The number of aromatic nitrogens is 1. The molecule has 1 aromatic carbocycles. The van der Waals surface area contributed by atoms with E-state index in [1.807, 2.05) is 33.0 Å². The van der Waals surface area contributed by atoms with Crippen molar-refractivity contribution in [2.24, 2.45) is 11.3 Å². The number of hydrogen-bond acceptors (Lipinski definition) is 6. The Kier molecular flexibility index (Phi) is 8.76. The van der Waals surface area contributed by atoms with Crippen LogP contribution in [0.3, 0.4) is 0 Å². The van der Waals surface area contributed by atoms with Crippen molar-refractivity contribution in [1.29, 1.82) is 0 Å². The van der Waals surface area contributed by atoms with E-state index in [2.05, 4.69) is 11.1 Å². The maximum Gasteiger partial charge on any atom is 0.411 e. The number of hydrogen-bond donors (Lipinski definition) is 1. The zero-order chi connectivity index (χ0) is 28.5. The number of methoxy groups -OCH3 is 1. The van der Waals surface area contributed by atoms with Gasteiger partial charge in [0.15, 0.2) is 0 Å². The zero-order valence-corrected chi connectivity index (χ0v) is 24.3. The molecule has 1 amide bonds. The maximum absolute atomic E-state index is 13.5. The van der Waals surface area contributed by atoms with Crippen LogP contribution in [0.2, 0.25) is 5.02 Å². The van der Waals surface area contributed by atoms with Crippen molar-refractivity contribution in [2.45, 2.75) is 90.7 Å². The Hall–Kier alpha value is -2.84. The third-order valence-electron chi connectivity index (χ3n) is 7.74. The van der Waals surface area contributed by atoms with E-state index in [9.17, 15) is 14.7 Å². The van der Waals surface area contributed by atoms with Gasteiger partial charge in [-0.3, -0.25) is 4.90 Å². The number of aliphatic carboxylic acids is 1. The van der Waals surface area contributed by atoms with Crippen molar-refractivity contribution in [1.82, 2.24) is 9.88 Å². The lowest BCUT2D eigenvalue weighted by atomic mass is 9.73. The molecule has 1 saturated carbocycles. The van der Waals surface area contributed by atoms with Crippen LogP contribution in [0.4, 0.5) is 4.79 Å². The van der Waals surface area contributed by atoms with Gasteiger partial charge in [0.25, 0.3) is 0 Å². The standard InChI is InChI=1S/C30H39ClN2O6/c1-17(2)39-29(36)33-24(19-11-8-12-22(31)14-19)26(23(30(3,4)5)25(33)28(34)35)38-16-21-13-20(18-9-7-10-18)15-32-27(21)37-6/h8,11-15,17-18,23-26H,7,9-10,16H2,1-6H3,(H,34,35)/t23-,24+,25+,26+/m1/s1. The monoisotopic (exact) mass is 558 g/mol. The molecule has 1 aromatic heterocycles. The number of benzene rings is 1. The highest BCUT2D eigenvalue weighted by atomic mass is 35.5. The fourth-order valence-electron chi connectivity index (χ4n) is 5.80. The molecule has 1 aliphatic carbocycles. The molecule has 8 nitrogen and oxygen atoms in total. The van der Waals surface area contributed by atoms with E-state index in [1.165, 1.54) is 11.3 Å². The van der Waals surface area contributed by atoms with Crippen LogP contribution in [-0.2, 0) is 20.9 Å². The van der Waals surface area contributed by atoms with Crippen LogP contribution in [0.25, 0.3) is 0 Å². The summed E-state index contributed by atoms with van der Waals surface area (Å²) in [6.45, 7) is 9.52. The van der Waals surface area contributed by atoms with Gasteiger partial charge in [0.2, 0.25) is 5.88 Å². The van der Waals surface area contributed by atoms with Gasteiger partial charge < -0.3 is 19.3 Å². The van der Waals surface area contributed by atoms with E-state index in [0.717, 1.165) is 24.0 Å². The molecule has 2 heterocycles. The Bertz CT molecular complexity index is 1190. The van der Waals surface area contributed by atoms with Gasteiger partial charge in [-0.05, 0) is 67.3 Å². The summed E-state index contributed by atoms with van der Waals surface area (Å²) in [7, 11) is 1.57. The van der Waals surface area contributed by atoms with Crippen LogP contribution in [0, 0.1) is 11.3 Å². The van der Waals surface area contributed by atoms with Crippen molar-refractivity contribution < 1.29 is 28.9 Å². The van der Waals surface area contributed by atoms with Crippen LogP contribution in [0.1, 0.15) is 82.5 Å². The van der Waals surface area contributed by atoms with Crippen molar-refractivity contribution in [3.8, 4) is 5.88 Å². The van der Waals surface area contributed by atoms with E-state index in [-0.39, 0.29) is 6.61 Å². The van der Waals surface area contributed by atoms with E-state index in [1.54, 1.807) is 39.2 Å². The summed E-state index contributed by atoms with van der Waals surface area (Å²) < 4.78 is 17.8. The van der Waals surface area contributed by atoms with Crippen molar-refractivity contribution in [2.75, 3.05) is 7.11 Å². The lowest BCUT2D eigenvalue weighted by molar-refractivity contribution is -0.145. The third-order valence-corrected chi connectivity index (χ3v) is 7.98. The summed E-state index contributed by atoms with van der Waals surface area (Å²) in [4.78, 5) is 32.2. The Morgan fingerprint density at radius 1 is 1.18 bits per heavy atom. The number of pyridine rings is 1.